The predicted octanol–water partition coefficient (Wildman–Crippen LogP) is 3.82. The van der Waals surface area contributed by atoms with Crippen LogP contribution in [0.3, 0.4) is 0 Å². The number of unbranched alkanes of at least 4 members (excludes halogenated alkanes) is 1. The monoisotopic (exact) mass is 186 g/mol. The van der Waals surface area contributed by atoms with Gasteiger partial charge in [-0.3, -0.25) is 0 Å². The molecule has 0 aromatic heterocycles. The highest BCUT2D eigenvalue weighted by molar-refractivity contribution is 6.30. The van der Waals surface area contributed by atoms with Crippen LogP contribution in [0.5, 0.6) is 0 Å². The number of aryl methyl sites for hydroxylation is 1. The van der Waals surface area contributed by atoms with Crippen molar-refractivity contribution in [1.29, 1.82) is 0 Å². The Kier molecular flexibility index (Phi) is 3.54. The Balaban J connectivity index is 2.75. The van der Waals surface area contributed by atoms with E-state index in [1.165, 1.54) is 6.07 Å². The lowest BCUT2D eigenvalue weighted by atomic mass is 10.1. The maximum atomic E-state index is 13.0. The maximum absolute atomic E-state index is 13.0. The standard InChI is InChI=1S/C10H12ClF/c1-2-3-4-8-7-9(11)5-6-10(8)12/h5-7H,2-4H2,1H3. The van der Waals surface area contributed by atoms with Crippen molar-refractivity contribution >= 4 is 11.6 Å². The Bertz CT molecular complexity index is 258. The maximum Gasteiger partial charge on any atom is 0.126 e. The fourth-order valence-corrected chi connectivity index (χ4v) is 1.30. The van der Waals surface area contributed by atoms with E-state index in [0.717, 1.165) is 24.8 Å². The second kappa shape index (κ2) is 4.46. The fourth-order valence-electron chi connectivity index (χ4n) is 1.10. The molecule has 0 unspecified atom stereocenters. The highest BCUT2D eigenvalue weighted by Crippen LogP contribution is 2.16. The van der Waals surface area contributed by atoms with Crippen molar-refractivity contribution in [2.75, 3.05) is 0 Å². The third kappa shape index (κ3) is 2.49. The zero-order valence-corrected chi connectivity index (χ0v) is 7.87. The van der Waals surface area contributed by atoms with Gasteiger partial charge in [-0.05, 0) is 36.6 Å². The first kappa shape index (κ1) is 9.53. The number of halogens is 2. The van der Waals surface area contributed by atoms with E-state index in [1.54, 1.807) is 12.1 Å². The number of hydrogen-bond donors (Lipinski definition) is 0. The van der Waals surface area contributed by atoms with Gasteiger partial charge in [-0.2, -0.15) is 0 Å². The lowest BCUT2D eigenvalue weighted by molar-refractivity contribution is 0.603. The van der Waals surface area contributed by atoms with E-state index in [2.05, 4.69) is 6.92 Å². The summed E-state index contributed by atoms with van der Waals surface area (Å²) >= 11 is 5.73. The molecule has 1 aromatic rings. The van der Waals surface area contributed by atoms with Gasteiger partial charge in [0.1, 0.15) is 5.82 Å². The first-order valence-corrected chi connectivity index (χ1v) is 4.55. The quantitative estimate of drug-likeness (QED) is 0.673. The van der Waals surface area contributed by atoms with E-state index >= 15 is 0 Å². The van der Waals surface area contributed by atoms with Gasteiger partial charge in [0.15, 0.2) is 0 Å². The van der Waals surface area contributed by atoms with Gasteiger partial charge in [0.25, 0.3) is 0 Å². The van der Waals surface area contributed by atoms with Gasteiger partial charge < -0.3 is 0 Å². The van der Waals surface area contributed by atoms with Crippen molar-refractivity contribution in [3.63, 3.8) is 0 Å². The van der Waals surface area contributed by atoms with Crippen LogP contribution >= 0.6 is 11.6 Å². The smallest absolute Gasteiger partial charge is 0.126 e. The Morgan fingerprint density at radius 3 is 2.83 bits per heavy atom. The minimum atomic E-state index is -0.146. The summed E-state index contributed by atoms with van der Waals surface area (Å²) in [6, 6.07) is 4.70. The molecule has 0 fully saturated rings. The van der Waals surface area contributed by atoms with E-state index in [1.807, 2.05) is 0 Å². The van der Waals surface area contributed by atoms with E-state index in [9.17, 15) is 4.39 Å². The average molecular weight is 187 g/mol. The van der Waals surface area contributed by atoms with Crippen LogP contribution in [0.1, 0.15) is 25.3 Å². The molecule has 12 heavy (non-hydrogen) atoms. The van der Waals surface area contributed by atoms with Crippen LogP contribution in [0, 0.1) is 5.82 Å². The van der Waals surface area contributed by atoms with Gasteiger partial charge in [0.05, 0.1) is 0 Å². The summed E-state index contributed by atoms with van der Waals surface area (Å²) in [5.41, 5.74) is 0.726. The largest absolute Gasteiger partial charge is 0.207 e. The van der Waals surface area contributed by atoms with Gasteiger partial charge in [-0.1, -0.05) is 24.9 Å². The summed E-state index contributed by atoms with van der Waals surface area (Å²) in [6.07, 6.45) is 2.87. The first-order chi connectivity index (χ1) is 5.74. The van der Waals surface area contributed by atoms with Crippen molar-refractivity contribution in [2.24, 2.45) is 0 Å². The Labute approximate surface area is 77.4 Å². The molecule has 1 aromatic carbocycles. The zero-order chi connectivity index (χ0) is 8.97. The molecule has 0 saturated carbocycles. The van der Waals surface area contributed by atoms with Crippen molar-refractivity contribution in [2.45, 2.75) is 26.2 Å². The molecule has 0 aliphatic heterocycles. The number of rotatable bonds is 3. The van der Waals surface area contributed by atoms with Crippen LogP contribution in [0.4, 0.5) is 4.39 Å². The Hall–Kier alpha value is -0.560. The second-order valence-corrected chi connectivity index (χ2v) is 3.28. The summed E-state index contributed by atoms with van der Waals surface area (Å²) < 4.78 is 13.0. The molecule has 0 N–H and O–H groups in total. The van der Waals surface area contributed by atoms with Crippen LogP contribution in [0.25, 0.3) is 0 Å². The molecule has 0 amide bonds. The van der Waals surface area contributed by atoms with E-state index in [4.69, 9.17) is 11.6 Å². The topological polar surface area (TPSA) is 0 Å². The molecule has 0 nitrogen and oxygen atoms in total. The van der Waals surface area contributed by atoms with Crippen LogP contribution in [-0.4, -0.2) is 0 Å². The van der Waals surface area contributed by atoms with E-state index < -0.39 is 0 Å². The summed E-state index contributed by atoms with van der Waals surface area (Å²) in [4.78, 5) is 0. The molecule has 0 aliphatic rings. The molecule has 0 heterocycles. The highest BCUT2D eigenvalue weighted by atomic mass is 35.5. The summed E-state index contributed by atoms with van der Waals surface area (Å²) in [7, 11) is 0. The zero-order valence-electron chi connectivity index (χ0n) is 7.11. The molecule has 2 heteroatoms. The van der Waals surface area contributed by atoms with Crippen LogP contribution in [0.15, 0.2) is 18.2 Å². The third-order valence-corrected chi connectivity index (χ3v) is 2.04. The van der Waals surface area contributed by atoms with Crippen molar-refractivity contribution < 1.29 is 4.39 Å². The lowest BCUT2D eigenvalue weighted by Crippen LogP contribution is -1.89. The molecular weight excluding hydrogens is 175 g/mol. The number of benzene rings is 1. The lowest BCUT2D eigenvalue weighted by Gasteiger charge is -2.01. The molecular formula is C10H12ClF. The molecule has 0 aliphatic carbocycles. The minimum Gasteiger partial charge on any atom is -0.207 e. The SMILES string of the molecule is CCCCc1cc(Cl)ccc1F. The van der Waals surface area contributed by atoms with E-state index in [0.29, 0.717) is 5.02 Å². The van der Waals surface area contributed by atoms with Gasteiger partial charge in [-0.15, -0.1) is 0 Å². The molecule has 0 atom stereocenters. The normalized spacial score (nSPS) is 10.2. The summed E-state index contributed by atoms with van der Waals surface area (Å²) in [5.74, 6) is -0.146. The van der Waals surface area contributed by atoms with Crippen molar-refractivity contribution in [3.8, 4) is 0 Å². The van der Waals surface area contributed by atoms with Gasteiger partial charge in [0.2, 0.25) is 0 Å². The first-order valence-electron chi connectivity index (χ1n) is 4.18. The van der Waals surface area contributed by atoms with E-state index in [-0.39, 0.29) is 5.82 Å². The molecule has 1 rings (SSSR count). The highest BCUT2D eigenvalue weighted by Gasteiger charge is 2.01. The summed E-state index contributed by atoms with van der Waals surface area (Å²) in [5, 5.41) is 0.613. The van der Waals surface area contributed by atoms with Crippen LogP contribution in [0.2, 0.25) is 5.02 Å². The van der Waals surface area contributed by atoms with Gasteiger partial charge in [-0.25, -0.2) is 4.39 Å². The third-order valence-electron chi connectivity index (χ3n) is 1.81. The fraction of sp³-hybridized carbons (Fsp3) is 0.400. The minimum absolute atomic E-state index is 0.146. The molecule has 0 saturated heterocycles. The summed E-state index contributed by atoms with van der Waals surface area (Å²) in [6.45, 7) is 2.09. The second-order valence-electron chi connectivity index (χ2n) is 2.84. The van der Waals surface area contributed by atoms with Gasteiger partial charge >= 0.3 is 0 Å². The Morgan fingerprint density at radius 2 is 2.17 bits per heavy atom. The average Bonchev–Trinajstić information content (AvgIpc) is 2.07. The number of hydrogen-bond acceptors (Lipinski definition) is 0. The van der Waals surface area contributed by atoms with Crippen molar-refractivity contribution in [3.05, 3.63) is 34.6 Å². The molecule has 66 valence electrons. The van der Waals surface area contributed by atoms with Crippen LogP contribution in [-0.2, 0) is 6.42 Å². The predicted molar refractivity (Wildman–Crippen MR) is 50.0 cm³/mol. The van der Waals surface area contributed by atoms with Gasteiger partial charge in [0, 0.05) is 5.02 Å². The Morgan fingerprint density at radius 1 is 1.42 bits per heavy atom. The molecule has 0 bridgehead atoms. The van der Waals surface area contributed by atoms with Crippen molar-refractivity contribution in [1.82, 2.24) is 0 Å². The van der Waals surface area contributed by atoms with Crippen LogP contribution < -0.4 is 0 Å². The molecule has 0 spiro atoms. The molecule has 0 radical (unpaired) electrons.